The number of hydrogen-bond acceptors (Lipinski definition) is 1. The van der Waals surface area contributed by atoms with Gasteiger partial charge >= 0.3 is 6.98 Å². The Morgan fingerprint density at radius 3 is 2.27 bits per heavy atom. The van der Waals surface area contributed by atoms with Crippen LogP contribution in [0.15, 0.2) is 16.6 Å². The molecule has 0 spiro atoms. The molecule has 0 fully saturated rings. The van der Waals surface area contributed by atoms with Crippen molar-refractivity contribution in [1.82, 2.24) is 0 Å². The van der Waals surface area contributed by atoms with Crippen LogP contribution >= 0.6 is 15.9 Å². The summed E-state index contributed by atoms with van der Waals surface area (Å²) in [5.41, 5.74) is 0. The van der Waals surface area contributed by atoms with Gasteiger partial charge < -0.3 is 17.7 Å². The Bertz CT molecular complexity index is 344. The first-order valence-corrected chi connectivity index (χ1v) is 4.57. The zero-order chi connectivity index (χ0) is 11.6. The summed E-state index contributed by atoms with van der Waals surface area (Å²) >= 11 is 2.70. The molecule has 1 aromatic rings. The molecule has 1 rings (SSSR count). The van der Waals surface area contributed by atoms with Gasteiger partial charge in [-0.1, -0.05) is 0 Å². The molecule has 1 nitrogen and oxygen atoms in total. The highest BCUT2D eigenvalue weighted by atomic mass is 79.9. The molecular formula is C7H4BBrF5O-. The molecule has 0 aliphatic rings. The first kappa shape index (κ1) is 12.3. The molecule has 0 amide bonds. The molecular weight excluding hydrogens is 286 g/mol. The van der Waals surface area contributed by atoms with Crippen LogP contribution in [0.1, 0.15) is 0 Å². The second-order valence-electron chi connectivity index (χ2n) is 2.72. The minimum absolute atomic E-state index is 0.194. The van der Waals surface area contributed by atoms with Gasteiger partial charge in [-0.15, -0.1) is 0 Å². The molecule has 0 aliphatic carbocycles. The summed E-state index contributed by atoms with van der Waals surface area (Å²) in [6.45, 7) is -6.74. The average Bonchev–Trinajstić information content (AvgIpc) is 1.99. The van der Waals surface area contributed by atoms with Gasteiger partial charge in [-0.2, -0.15) is 0 Å². The van der Waals surface area contributed by atoms with E-state index in [1.165, 1.54) is 0 Å². The van der Waals surface area contributed by atoms with E-state index >= 15 is 0 Å². The van der Waals surface area contributed by atoms with Crippen molar-refractivity contribution in [3.8, 4) is 5.75 Å². The van der Waals surface area contributed by atoms with Gasteiger partial charge in [0.25, 0.3) is 0 Å². The van der Waals surface area contributed by atoms with E-state index < -0.39 is 30.9 Å². The van der Waals surface area contributed by atoms with Crippen molar-refractivity contribution in [3.63, 3.8) is 0 Å². The summed E-state index contributed by atoms with van der Waals surface area (Å²) in [5, 5.41) is 0. The fourth-order valence-electron chi connectivity index (χ4n) is 0.845. The van der Waals surface area contributed by atoms with Crippen LogP contribution in [0.25, 0.3) is 0 Å². The van der Waals surface area contributed by atoms with Crippen LogP contribution in [-0.2, 0) is 0 Å². The topological polar surface area (TPSA) is 9.23 Å². The Morgan fingerprint density at radius 2 is 1.80 bits per heavy atom. The quantitative estimate of drug-likeness (QED) is 0.611. The van der Waals surface area contributed by atoms with Crippen LogP contribution in [0.5, 0.6) is 5.75 Å². The molecule has 84 valence electrons. The van der Waals surface area contributed by atoms with E-state index in [4.69, 9.17) is 0 Å². The zero-order valence-electron chi connectivity index (χ0n) is 7.12. The Hall–Kier alpha value is -0.785. The Labute approximate surface area is 90.4 Å². The molecule has 1 aromatic carbocycles. The molecule has 8 heteroatoms. The molecule has 0 bridgehead atoms. The van der Waals surface area contributed by atoms with Crippen LogP contribution in [-0.4, -0.2) is 13.5 Å². The molecule has 0 radical (unpaired) electrons. The predicted molar refractivity (Wildman–Crippen MR) is 48.6 cm³/mol. The maximum Gasteiger partial charge on any atom is 0.515 e. The number of ether oxygens (including phenoxy) is 1. The minimum atomic E-state index is -5.17. The fraction of sp³-hybridized carbons (Fsp3) is 0.143. The van der Waals surface area contributed by atoms with Crippen molar-refractivity contribution in [2.75, 3.05) is 6.51 Å². The lowest BCUT2D eigenvalue weighted by molar-refractivity contribution is 0.298. The highest BCUT2D eigenvalue weighted by Crippen LogP contribution is 2.30. The van der Waals surface area contributed by atoms with Crippen LogP contribution in [0.2, 0.25) is 0 Å². The van der Waals surface area contributed by atoms with Crippen LogP contribution < -0.4 is 4.74 Å². The first-order valence-electron chi connectivity index (χ1n) is 3.78. The lowest BCUT2D eigenvalue weighted by Crippen LogP contribution is -2.26. The minimum Gasteiger partial charge on any atom is -0.519 e. The largest absolute Gasteiger partial charge is 0.519 e. The summed E-state index contributed by atoms with van der Waals surface area (Å²) in [5.74, 6) is -2.72. The van der Waals surface area contributed by atoms with Gasteiger partial charge in [-0.3, -0.25) is 0 Å². The number of benzene rings is 1. The van der Waals surface area contributed by atoms with Gasteiger partial charge in [-0.25, -0.2) is 8.78 Å². The fourth-order valence-corrected chi connectivity index (χ4v) is 1.37. The van der Waals surface area contributed by atoms with Crippen molar-refractivity contribution in [2.24, 2.45) is 0 Å². The molecule has 0 aliphatic heterocycles. The van der Waals surface area contributed by atoms with Crippen molar-refractivity contribution < 1.29 is 26.5 Å². The summed E-state index contributed by atoms with van der Waals surface area (Å²) in [6.07, 6.45) is 0. The van der Waals surface area contributed by atoms with Crippen LogP contribution in [0, 0.1) is 11.6 Å². The number of hydrogen-bond donors (Lipinski definition) is 0. The van der Waals surface area contributed by atoms with Crippen LogP contribution in [0.4, 0.5) is 21.7 Å². The van der Waals surface area contributed by atoms with E-state index in [-0.39, 0.29) is 4.47 Å². The van der Waals surface area contributed by atoms with Gasteiger partial charge in [0, 0.05) is 6.07 Å². The number of rotatable bonds is 3. The Kier molecular flexibility index (Phi) is 3.59. The second-order valence-corrected chi connectivity index (χ2v) is 3.57. The SMILES string of the molecule is Fc1cc(F)c(OC[B-](F)(F)F)c(Br)c1. The van der Waals surface area contributed by atoms with Gasteiger partial charge in [0.1, 0.15) is 5.82 Å². The summed E-state index contributed by atoms with van der Waals surface area (Å²) in [7, 11) is 0. The lowest BCUT2D eigenvalue weighted by Gasteiger charge is -2.16. The Morgan fingerprint density at radius 1 is 1.20 bits per heavy atom. The Balaban J connectivity index is 2.86. The molecule has 0 atom stereocenters. The van der Waals surface area contributed by atoms with E-state index in [0.717, 1.165) is 6.07 Å². The molecule has 15 heavy (non-hydrogen) atoms. The smallest absolute Gasteiger partial charge is 0.515 e. The van der Waals surface area contributed by atoms with Crippen molar-refractivity contribution >= 4 is 22.9 Å². The highest BCUT2D eigenvalue weighted by Gasteiger charge is 2.25. The summed E-state index contributed by atoms with van der Waals surface area (Å²) < 4.78 is 64.9. The van der Waals surface area contributed by atoms with Crippen molar-refractivity contribution in [2.45, 2.75) is 0 Å². The normalized spacial score (nSPS) is 11.6. The van der Waals surface area contributed by atoms with Gasteiger partial charge in [0.2, 0.25) is 0 Å². The van der Waals surface area contributed by atoms with Gasteiger partial charge in [-0.05, 0) is 22.0 Å². The van der Waals surface area contributed by atoms with Gasteiger partial charge in [0.05, 0.1) is 11.0 Å². The second kappa shape index (κ2) is 4.38. The van der Waals surface area contributed by atoms with Crippen LogP contribution in [0.3, 0.4) is 0 Å². The van der Waals surface area contributed by atoms with Crippen molar-refractivity contribution in [1.29, 1.82) is 0 Å². The highest BCUT2D eigenvalue weighted by molar-refractivity contribution is 9.10. The zero-order valence-corrected chi connectivity index (χ0v) is 8.70. The lowest BCUT2D eigenvalue weighted by atomic mass is 9.95. The molecule has 0 aromatic heterocycles. The molecule has 0 saturated carbocycles. The number of halogens is 6. The maximum atomic E-state index is 12.9. The molecule has 0 saturated heterocycles. The predicted octanol–water partition coefficient (Wildman–Crippen LogP) is 3.49. The molecule has 0 heterocycles. The first-order chi connectivity index (χ1) is 6.79. The summed E-state index contributed by atoms with van der Waals surface area (Å²) in [4.78, 5) is 0. The van der Waals surface area contributed by atoms with Crippen molar-refractivity contribution in [3.05, 3.63) is 28.2 Å². The molecule has 0 N–H and O–H groups in total. The van der Waals surface area contributed by atoms with Gasteiger partial charge in [0.15, 0.2) is 11.6 Å². The van der Waals surface area contributed by atoms with E-state index in [9.17, 15) is 21.7 Å². The molecule has 0 unspecified atom stereocenters. The summed E-state index contributed by atoms with van der Waals surface area (Å²) in [6, 6.07) is 1.27. The van der Waals surface area contributed by atoms with E-state index in [1.807, 2.05) is 0 Å². The van der Waals surface area contributed by atoms with E-state index in [0.29, 0.717) is 6.07 Å². The third-order valence-corrected chi connectivity index (χ3v) is 1.97. The monoisotopic (exact) mass is 289 g/mol. The third-order valence-electron chi connectivity index (χ3n) is 1.38. The van der Waals surface area contributed by atoms with E-state index in [2.05, 4.69) is 20.7 Å². The van der Waals surface area contributed by atoms with E-state index in [1.54, 1.807) is 0 Å². The third kappa shape index (κ3) is 3.69. The average molecular weight is 290 g/mol. The standard InChI is InChI=1S/C7H4BBrF5O/c9-5-1-4(10)2-6(11)7(5)15-3-8(12,13)14/h1-2H,3H2/q-1. The maximum absolute atomic E-state index is 12.9.